The van der Waals surface area contributed by atoms with E-state index in [2.05, 4.69) is 10.3 Å². The average molecular weight is 372 g/mol. The van der Waals surface area contributed by atoms with Gasteiger partial charge in [0.1, 0.15) is 5.01 Å². The minimum absolute atomic E-state index is 0.156. The molecule has 0 bridgehead atoms. The number of rotatable bonds is 6. The number of benzene rings is 1. The molecule has 2 aromatic heterocycles. The van der Waals surface area contributed by atoms with Gasteiger partial charge in [-0.1, -0.05) is 30.3 Å². The molecule has 128 valence electrons. The predicted molar refractivity (Wildman–Crippen MR) is 98.7 cm³/mol. The number of nitrogens with zero attached hydrogens (tertiary/aromatic N) is 1. The number of ether oxygens (including phenoxy) is 1. The van der Waals surface area contributed by atoms with Gasteiger partial charge in [-0.2, -0.15) is 11.3 Å². The van der Waals surface area contributed by atoms with Crippen LogP contribution in [0.1, 0.15) is 29.0 Å². The average Bonchev–Trinajstić information content (AvgIpc) is 3.31. The van der Waals surface area contributed by atoms with E-state index in [1.807, 2.05) is 54.1 Å². The molecule has 5 nitrogen and oxygen atoms in total. The lowest BCUT2D eigenvalue weighted by atomic mass is 10.1. The maximum atomic E-state index is 12.0. The summed E-state index contributed by atoms with van der Waals surface area (Å²) in [6.45, 7) is 1.55. The number of esters is 1. The number of thiophene rings is 1. The molecule has 0 saturated heterocycles. The number of nitrogens with one attached hydrogen (secondary N) is 1. The highest BCUT2D eigenvalue weighted by molar-refractivity contribution is 7.14. The Hall–Kier alpha value is -2.51. The fraction of sp³-hybridized carbons (Fsp3) is 0.167. The molecule has 0 spiro atoms. The first-order valence-electron chi connectivity index (χ1n) is 7.63. The summed E-state index contributed by atoms with van der Waals surface area (Å²) in [5, 5.41) is 9.11. The summed E-state index contributed by atoms with van der Waals surface area (Å²) in [6, 6.07) is 11.4. The van der Waals surface area contributed by atoms with Gasteiger partial charge in [0.15, 0.2) is 12.3 Å². The van der Waals surface area contributed by atoms with Crippen LogP contribution < -0.4 is 5.32 Å². The molecule has 0 radical (unpaired) electrons. The Morgan fingerprint density at radius 2 is 2.00 bits per heavy atom. The van der Waals surface area contributed by atoms with Crippen molar-refractivity contribution in [3.63, 3.8) is 0 Å². The Morgan fingerprint density at radius 1 is 1.20 bits per heavy atom. The Balaban J connectivity index is 1.51. The maximum Gasteiger partial charge on any atom is 0.358 e. The quantitative estimate of drug-likeness (QED) is 0.666. The van der Waals surface area contributed by atoms with Crippen LogP contribution in [0.5, 0.6) is 0 Å². The van der Waals surface area contributed by atoms with E-state index in [-0.39, 0.29) is 24.2 Å². The first kappa shape index (κ1) is 17.3. The fourth-order valence-corrected chi connectivity index (χ4v) is 3.70. The van der Waals surface area contributed by atoms with Gasteiger partial charge in [0.25, 0.3) is 5.91 Å². The number of carbonyl (C=O) groups is 2. The van der Waals surface area contributed by atoms with Gasteiger partial charge in [0.2, 0.25) is 0 Å². The topological polar surface area (TPSA) is 68.3 Å². The lowest BCUT2D eigenvalue weighted by Gasteiger charge is -2.14. The molecular formula is C18H16N2O3S2. The predicted octanol–water partition coefficient (Wildman–Crippen LogP) is 3.91. The number of hydrogen-bond donors (Lipinski definition) is 1. The van der Waals surface area contributed by atoms with Crippen LogP contribution in [0.15, 0.2) is 52.5 Å². The summed E-state index contributed by atoms with van der Waals surface area (Å²) in [5.41, 5.74) is 2.18. The molecule has 2 heterocycles. The second-order valence-electron chi connectivity index (χ2n) is 5.33. The monoisotopic (exact) mass is 372 g/mol. The number of amides is 1. The van der Waals surface area contributed by atoms with Gasteiger partial charge < -0.3 is 10.1 Å². The van der Waals surface area contributed by atoms with Crippen LogP contribution in [0.4, 0.5) is 0 Å². The van der Waals surface area contributed by atoms with E-state index in [0.717, 1.165) is 16.1 Å². The molecular weight excluding hydrogens is 356 g/mol. The van der Waals surface area contributed by atoms with Crippen molar-refractivity contribution in [3.05, 3.63) is 63.8 Å². The Kier molecular flexibility index (Phi) is 5.57. The maximum absolute atomic E-state index is 12.0. The molecule has 0 saturated carbocycles. The number of hydrogen-bond acceptors (Lipinski definition) is 6. The zero-order valence-corrected chi connectivity index (χ0v) is 15.1. The van der Waals surface area contributed by atoms with Gasteiger partial charge in [0.05, 0.1) is 6.04 Å². The third-order valence-corrected chi connectivity index (χ3v) is 5.07. The molecule has 0 aliphatic rings. The molecule has 0 fully saturated rings. The molecule has 0 aliphatic carbocycles. The lowest BCUT2D eigenvalue weighted by molar-refractivity contribution is -0.124. The highest BCUT2D eigenvalue weighted by Crippen LogP contribution is 2.25. The van der Waals surface area contributed by atoms with E-state index in [9.17, 15) is 9.59 Å². The number of thiazole rings is 1. The van der Waals surface area contributed by atoms with E-state index in [1.165, 1.54) is 11.3 Å². The molecule has 3 rings (SSSR count). The smallest absolute Gasteiger partial charge is 0.358 e. The molecule has 3 aromatic rings. The standard InChI is InChI=1S/C18H16N2O3S2/c1-12(13-5-3-2-4-6-13)19-16(21)9-23-18(22)15-11-25-17(20-15)14-7-8-24-10-14/h2-8,10-12H,9H2,1H3,(H,19,21). The van der Waals surface area contributed by atoms with Gasteiger partial charge in [-0.05, 0) is 23.9 Å². The van der Waals surface area contributed by atoms with Crippen molar-refractivity contribution < 1.29 is 14.3 Å². The van der Waals surface area contributed by atoms with Crippen molar-refractivity contribution in [1.82, 2.24) is 10.3 Å². The van der Waals surface area contributed by atoms with Gasteiger partial charge in [0, 0.05) is 16.3 Å². The van der Waals surface area contributed by atoms with Crippen LogP contribution in [0.2, 0.25) is 0 Å². The third-order valence-electron chi connectivity index (χ3n) is 3.49. The van der Waals surface area contributed by atoms with Crippen LogP contribution in [0, 0.1) is 0 Å². The normalized spacial score (nSPS) is 11.7. The Morgan fingerprint density at radius 3 is 2.72 bits per heavy atom. The summed E-state index contributed by atoms with van der Waals surface area (Å²) in [4.78, 5) is 28.2. The first-order valence-corrected chi connectivity index (χ1v) is 9.45. The van der Waals surface area contributed by atoms with Crippen LogP contribution in [-0.2, 0) is 9.53 Å². The molecule has 1 aromatic carbocycles. The molecule has 25 heavy (non-hydrogen) atoms. The van der Waals surface area contributed by atoms with Crippen molar-refractivity contribution in [2.45, 2.75) is 13.0 Å². The molecule has 1 atom stereocenters. The van der Waals surface area contributed by atoms with Crippen LogP contribution >= 0.6 is 22.7 Å². The second-order valence-corrected chi connectivity index (χ2v) is 6.96. The summed E-state index contributed by atoms with van der Waals surface area (Å²) >= 11 is 2.94. The molecule has 1 amide bonds. The first-order chi connectivity index (χ1) is 12.1. The zero-order valence-electron chi connectivity index (χ0n) is 13.5. The summed E-state index contributed by atoms with van der Waals surface area (Å²) in [7, 11) is 0. The van der Waals surface area contributed by atoms with Gasteiger partial charge in [-0.15, -0.1) is 11.3 Å². The number of carbonyl (C=O) groups excluding carboxylic acids is 2. The van der Waals surface area contributed by atoms with Crippen molar-refractivity contribution in [1.29, 1.82) is 0 Å². The zero-order chi connectivity index (χ0) is 17.6. The van der Waals surface area contributed by atoms with Crippen molar-refractivity contribution in [2.75, 3.05) is 6.61 Å². The largest absolute Gasteiger partial charge is 0.451 e. The van der Waals surface area contributed by atoms with E-state index >= 15 is 0 Å². The van der Waals surface area contributed by atoms with Crippen molar-refractivity contribution in [2.24, 2.45) is 0 Å². The SMILES string of the molecule is CC(NC(=O)COC(=O)c1csc(-c2ccsc2)n1)c1ccccc1. The van der Waals surface area contributed by atoms with E-state index in [0.29, 0.717) is 0 Å². The number of aromatic nitrogens is 1. The Bertz CT molecular complexity index is 844. The molecule has 1 unspecified atom stereocenters. The van der Waals surface area contributed by atoms with Crippen molar-refractivity contribution >= 4 is 34.6 Å². The summed E-state index contributed by atoms with van der Waals surface area (Å²) in [5.74, 6) is -0.946. The van der Waals surface area contributed by atoms with Crippen LogP contribution in [0.3, 0.4) is 0 Å². The second kappa shape index (κ2) is 8.04. The van der Waals surface area contributed by atoms with Gasteiger partial charge >= 0.3 is 5.97 Å². The Labute approximate surface area is 153 Å². The van der Waals surface area contributed by atoms with Crippen LogP contribution in [0.25, 0.3) is 10.6 Å². The summed E-state index contributed by atoms with van der Waals surface area (Å²) in [6.07, 6.45) is 0. The van der Waals surface area contributed by atoms with Gasteiger partial charge in [-0.3, -0.25) is 4.79 Å². The minimum Gasteiger partial charge on any atom is -0.451 e. The van der Waals surface area contributed by atoms with Crippen LogP contribution in [-0.4, -0.2) is 23.5 Å². The van der Waals surface area contributed by atoms with E-state index in [4.69, 9.17) is 4.74 Å². The molecule has 1 N–H and O–H groups in total. The highest BCUT2D eigenvalue weighted by Gasteiger charge is 2.16. The third kappa shape index (κ3) is 4.52. The fourth-order valence-electron chi connectivity index (χ4n) is 2.20. The highest BCUT2D eigenvalue weighted by atomic mass is 32.1. The van der Waals surface area contributed by atoms with Crippen molar-refractivity contribution in [3.8, 4) is 10.6 Å². The van der Waals surface area contributed by atoms with E-state index < -0.39 is 5.97 Å². The molecule has 0 aliphatic heterocycles. The van der Waals surface area contributed by atoms with Gasteiger partial charge in [-0.25, -0.2) is 9.78 Å². The minimum atomic E-state index is -0.597. The molecule has 7 heteroatoms. The summed E-state index contributed by atoms with van der Waals surface area (Å²) < 4.78 is 5.05. The van der Waals surface area contributed by atoms with E-state index in [1.54, 1.807) is 16.7 Å². The lowest BCUT2D eigenvalue weighted by Crippen LogP contribution is -2.31.